The summed E-state index contributed by atoms with van der Waals surface area (Å²) in [5, 5.41) is 9.90. The zero-order valence-corrected chi connectivity index (χ0v) is 11.1. The van der Waals surface area contributed by atoms with Gasteiger partial charge in [-0.05, 0) is 5.56 Å². The number of aliphatic carboxylic acids is 1. The second-order valence-corrected chi connectivity index (χ2v) is 4.21. The van der Waals surface area contributed by atoms with E-state index in [0.717, 1.165) is 0 Å². The average molecular weight is 319 g/mol. The van der Waals surface area contributed by atoms with Crippen molar-refractivity contribution in [1.29, 1.82) is 0 Å². The van der Waals surface area contributed by atoms with Crippen molar-refractivity contribution in [2.24, 2.45) is 0 Å². The standard InChI is InChI=1S/C13H12F3NO5/c14-13(15,16)12(21)17-9(6-10(18)19)11(20)22-7-8-4-2-1-3-5-8/h1-5,9H,6-7H2,(H,17,21)(H,18,19)/t9-/m1/s1. The highest BCUT2D eigenvalue weighted by molar-refractivity contribution is 5.89. The number of carboxylic acids is 1. The van der Waals surface area contributed by atoms with Gasteiger partial charge in [0.2, 0.25) is 0 Å². The third-order valence-corrected chi connectivity index (χ3v) is 2.45. The summed E-state index contributed by atoms with van der Waals surface area (Å²) >= 11 is 0. The number of carbonyl (C=O) groups is 3. The summed E-state index contributed by atoms with van der Waals surface area (Å²) in [7, 11) is 0. The summed E-state index contributed by atoms with van der Waals surface area (Å²) in [6, 6.07) is 6.31. The maximum Gasteiger partial charge on any atom is 0.471 e. The van der Waals surface area contributed by atoms with Gasteiger partial charge in [0.25, 0.3) is 0 Å². The van der Waals surface area contributed by atoms with Gasteiger partial charge in [0, 0.05) is 0 Å². The number of amides is 1. The first-order valence-electron chi connectivity index (χ1n) is 6.00. The van der Waals surface area contributed by atoms with Gasteiger partial charge in [-0.25, -0.2) is 4.79 Å². The maximum absolute atomic E-state index is 12.1. The Kier molecular flexibility index (Phi) is 5.90. The third kappa shape index (κ3) is 5.81. The van der Waals surface area contributed by atoms with Crippen LogP contribution in [0.15, 0.2) is 30.3 Å². The number of carboxylic acid groups (broad SMARTS) is 1. The van der Waals surface area contributed by atoms with E-state index in [1.54, 1.807) is 30.3 Å². The van der Waals surface area contributed by atoms with E-state index >= 15 is 0 Å². The minimum atomic E-state index is -5.23. The second kappa shape index (κ2) is 7.43. The van der Waals surface area contributed by atoms with Crippen LogP contribution in [0.25, 0.3) is 0 Å². The Morgan fingerprint density at radius 3 is 2.27 bits per heavy atom. The Morgan fingerprint density at radius 1 is 1.18 bits per heavy atom. The lowest BCUT2D eigenvalue weighted by Crippen LogP contribution is -2.48. The Labute approximate surface area is 122 Å². The summed E-state index contributed by atoms with van der Waals surface area (Å²) < 4.78 is 41.2. The monoisotopic (exact) mass is 319 g/mol. The molecule has 1 rings (SSSR count). The predicted octanol–water partition coefficient (Wildman–Crippen LogP) is 1.25. The second-order valence-electron chi connectivity index (χ2n) is 4.21. The number of carbonyl (C=O) groups excluding carboxylic acids is 2. The van der Waals surface area contributed by atoms with Gasteiger partial charge in [-0.3, -0.25) is 9.59 Å². The van der Waals surface area contributed by atoms with E-state index in [1.807, 2.05) is 0 Å². The first-order chi connectivity index (χ1) is 10.2. The Balaban J connectivity index is 2.68. The van der Waals surface area contributed by atoms with Crippen molar-refractivity contribution < 1.29 is 37.4 Å². The number of benzene rings is 1. The number of alkyl halides is 3. The van der Waals surface area contributed by atoms with Crippen molar-refractivity contribution in [3.8, 4) is 0 Å². The normalized spacial score (nSPS) is 12.3. The van der Waals surface area contributed by atoms with E-state index in [4.69, 9.17) is 9.84 Å². The van der Waals surface area contributed by atoms with Crippen molar-refractivity contribution in [2.75, 3.05) is 0 Å². The highest BCUT2D eigenvalue weighted by atomic mass is 19.4. The van der Waals surface area contributed by atoms with E-state index in [1.165, 1.54) is 5.32 Å². The molecule has 0 spiro atoms. The van der Waals surface area contributed by atoms with Crippen molar-refractivity contribution in [3.63, 3.8) is 0 Å². The topological polar surface area (TPSA) is 92.7 Å². The van der Waals surface area contributed by atoms with Crippen LogP contribution in [0.5, 0.6) is 0 Å². The quantitative estimate of drug-likeness (QED) is 0.770. The SMILES string of the molecule is O=C(O)C[C@@H](NC(=O)C(F)(F)F)C(=O)OCc1ccccc1. The first-order valence-corrected chi connectivity index (χ1v) is 6.00. The minimum absolute atomic E-state index is 0.252. The third-order valence-electron chi connectivity index (χ3n) is 2.45. The van der Waals surface area contributed by atoms with Gasteiger partial charge in [0.05, 0.1) is 6.42 Å². The molecular formula is C13H12F3NO5. The lowest BCUT2D eigenvalue weighted by Gasteiger charge is -2.17. The summed E-state index contributed by atoms with van der Waals surface area (Å²) in [5.74, 6) is -5.22. The smallest absolute Gasteiger partial charge is 0.471 e. The molecule has 0 heterocycles. The fraction of sp³-hybridized carbons (Fsp3) is 0.308. The molecule has 1 aromatic rings. The van der Waals surface area contributed by atoms with Crippen LogP contribution < -0.4 is 5.32 Å². The van der Waals surface area contributed by atoms with E-state index < -0.39 is 36.5 Å². The lowest BCUT2D eigenvalue weighted by molar-refractivity contribution is -0.176. The number of rotatable bonds is 6. The van der Waals surface area contributed by atoms with Crippen molar-refractivity contribution in [1.82, 2.24) is 5.32 Å². The minimum Gasteiger partial charge on any atom is -0.481 e. The molecule has 0 aromatic heterocycles. The van der Waals surface area contributed by atoms with Crippen LogP contribution in [-0.4, -0.2) is 35.2 Å². The molecule has 1 atom stereocenters. The van der Waals surface area contributed by atoms with E-state index in [-0.39, 0.29) is 6.61 Å². The molecule has 0 saturated heterocycles. The van der Waals surface area contributed by atoms with E-state index in [0.29, 0.717) is 5.56 Å². The van der Waals surface area contributed by atoms with Gasteiger partial charge in [0.15, 0.2) is 0 Å². The van der Waals surface area contributed by atoms with E-state index in [2.05, 4.69) is 0 Å². The van der Waals surface area contributed by atoms with Crippen LogP contribution in [-0.2, 0) is 25.7 Å². The largest absolute Gasteiger partial charge is 0.481 e. The molecule has 0 saturated carbocycles. The van der Waals surface area contributed by atoms with Gasteiger partial charge >= 0.3 is 24.0 Å². The fourth-order valence-corrected chi connectivity index (χ4v) is 1.44. The summed E-state index contributed by atoms with van der Waals surface area (Å²) in [6.07, 6.45) is -6.24. The number of hydrogen-bond acceptors (Lipinski definition) is 4. The highest BCUT2D eigenvalue weighted by Crippen LogP contribution is 2.15. The van der Waals surface area contributed by atoms with Crippen molar-refractivity contribution >= 4 is 17.8 Å². The number of hydrogen-bond donors (Lipinski definition) is 2. The lowest BCUT2D eigenvalue weighted by atomic mass is 10.2. The molecule has 2 N–H and O–H groups in total. The number of esters is 1. The molecule has 120 valence electrons. The van der Waals surface area contributed by atoms with Crippen LogP contribution in [0.2, 0.25) is 0 Å². The van der Waals surface area contributed by atoms with E-state index in [9.17, 15) is 27.6 Å². The van der Waals surface area contributed by atoms with Crippen LogP contribution >= 0.6 is 0 Å². The summed E-state index contributed by atoms with van der Waals surface area (Å²) in [5.41, 5.74) is 0.562. The zero-order valence-electron chi connectivity index (χ0n) is 11.1. The highest BCUT2D eigenvalue weighted by Gasteiger charge is 2.41. The molecule has 0 radical (unpaired) electrons. The molecule has 1 aromatic carbocycles. The Bertz CT molecular complexity index is 544. The molecular weight excluding hydrogens is 307 g/mol. The molecule has 6 nitrogen and oxygen atoms in total. The summed E-state index contributed by atoms with van der Waals surface area (Å²) in [4.78, 5) is 33.0. The van der Waals surface area contributed by atoms with Gasteiger partial charge < -0.3 is 15.2 Å². The number of ether oxygens (including phenoxy) is 1. The first kappa shape index (κ1) is 17.5. The molecule has 0 bridgehead atoms. The molecule has 22 heavy (non-hydrogen) atoms. The molecule has 0 aliphatic carbocycles. The van der Waals surface area contributed by atoms with Gasteiger partial charge in [0.1, 0.15) is 12.6 Å². The van der Waals surface area contributed by atoms with Crippen LogP contribution in [0.1, 0.15) is 12.0 Å². The Hall–Kier alpha value is -2.58. The van der Waals surface area contributed by atoms with Crippen LogP contribution in [0.4, 0.5) is 13.2 Å². The van der Waals surface area contributed by atoms with Gasteiger partial charge in [-0.15, -0.1) is 0 Å². The molecule has 0 aliphatic heterocycles. The molecule has 1 amide bonds. The van der Waals surface area contributed by atoms with Crippen LogP contribution in [0.3, 0.4) is 0 Å². The molecule has 9 heteroatoms. The fourth-order valence-electron chi connectivity index (χ4n) is 1.44. The maximum atomic E-state index is 12.1. The number of nitrogens with one attached hydrogen (secondary N) is 1. The van der Waals surface area contributed by atoms with Crippen molar-refractivity contribution in [2.45, 2.75) is 25.2 Å². The molecule has 0 fully saturated rings. The van der Waals surface area contributed by atoms with Gasteiger partial charge in [-0.2, -0.15) is 13.2 Å². The Morgan fingerprint density at radius 2 is 1.77 bits per heavy atom. The van der Waals surface area contributed by atoms with Crippen molar-refractivity contribution in [3.05, 3.63) is 35.9 Å². The number of halogens is 3. The molecule has 0 unspecified atom stereocenters. The molecule has 0 aliphatic rings. The van der Waals surface area contributed by atoms with Gasteiger partial charge in [-0.1, -0.05) is 30.3 Å². The predicted molar refractivity (Wildman–Crippen MR) is 66.5 cm³/mol. The summed E-state index contributed by atoms with van der Waals surface area (Å²) in [6.45, 7) is -0.252. The van der Waals surface area contributed by atoms with Crippen LogP contribution in [0, 0.1) is 0 Å². The average Bonchev–Trinajstić information content (AvgIpc) is 2.43. The zero-order chi connectivity index (χ0) is 16.8.